The van der Waals surface area contributed by atoms with Crippen LogP contribution in [-0.2, 0) is 20.5 Å². The molecule has 2 heterocycles. The number of piperidine rings is 1. The van der Waals surface area contributed by atoms with E-state index in [0.717, 1.165) is 12.8 Å². The number of alkyl halides is 2. The molecule has 154 valence electrons. The van der Waals surface area contributed by atoms with Crippen molar-refractivity contribution < 1.29 is 39.7 Å². The summed E-state index contributed by atoms with van der Waals surface area (Å²) in [7, 11) is -1.13. The van der Waals surface area contributed by atoms with Crippen LogP contribution in [0.5, 0.6) is 0 Å². The average molecular weight is 501 g/mol. The van der Waals surface area contributed by atoms with Gasteiger partial charge in [-0.15, -0.1) is 0 Å². The third-order valence-electron chi connectivity index (χ3n) is 4.87. The first-order valence-electron chi connectivity index (χ1n) is 9.14. The first-order valence-corrected chi connectivity index (χ1v) is 13.7. The molecule has 26 heavy (non-hydrogen) atoms. The molecule has 0 radical (unpaired) electrons. The molecular formula is C18H34IN2O4S-. The Morgan fingerprint density at radius 1 is 1.23 bits per heavy atom. The quantitative estimate of drug-likeness (QED) is 0.419. The monoisotopic (exact) mass is 501 g/mol. The maximum absolute atomic E-state index is 12.7. The van der Waals surface area contributed by atoms with Gasteiger partial charge < -0.3 is 0 Å². The minimum atomic E-state index is -1.13. The number of carbonyl (C=O) groups is 1. The van der Waals surface area contributed by atoms with E-state index >= 15 is 0 Å². The van der Waals surface area contributed by atoms with Crippen molar-refractivity contribution in [2.45, 2.75) is 74.9 Å². The van der Waals surface area contributed by atoms with Crippen LogP contribution < -0.4 is 25.9 Å². The molecule has 2 aliphatic rings. The fourth-order valence-electron chi connectivity index (χ4n) is 3.29. The number of nitrogens with one attached hydrogen (secondary N) is 1. The van der Waals surface area contributed by atoms with E-state index in [2.05, 4.69) is 9.65 Å². The number of hydrogen-bond acceptors (Lipinski definition) is 4. The number of ether oxygens (including phenoxy) is 2. The normalized spacial score (nSPS) is 27.7. The number of carbonyl (C=O) groups excluding carboxylic acids is 1. The van der Waals surface area contributed by atoms with Gasteiger partial charge in [-0.1, -0.05) is 0 Å². The van der Waals surface area contributed by atoms with E-state index in [4.69, 9.17) is 9.47 Å². The molecule has 0 aliphatic carbocycles. The van der Waals surface area contributed by atoms with Gasteiger partial charge in [0, 0.05) is 0 Å². The second-order valence-corrected chi connectivity index (χ2v) is 13.7. The summed E-state index contributed by atoms with van der Waals surface area (Å²) < 4.78 is 27.6. The van der Waals surface area contributed by atoms with Crippen LogP contribution in [0.4, 0.5) is 4.79 Å². The van der Waals surface area contributed by atoms with Crippen molar-refractivity contribution in [3.05, 3.63) is 0 Å². The van der Waals surface area contributed by atoms with E-state index in [1.54, 1.807) is 4.90 Å². The van der Waals surface area contributed by atoms with E-state index in [0.29, 0.717) is 19.7 Å². The summed E-state index contributed by atoms with van der Waals surface area (Å²) in [6.45, 7) is 13.6. The fourth-order valence-corrected chi connectivity index (χ4v) is 6.69. The summed E-state index contributed by atoms with van der Waals surface area (Å²) >= 11 is -0.125. The molecule has 0 bridgehead atoms. The molecule has 0 aromatic heterocycles. The number of hydrogen-bond donors (Lipinski definition) is 1. The summed E-state index contributed by atoms with van der Waals surface area (Å²) in [5.74, 6) is 0. The molecule has 0 saturated carbocycles. The summed E-state index contributed by atoms with van der Waals surface area (Å²) in [5.41, 5.74) is -0.520. The Kier molecular flexibility index (Phi) is 7.06. The van der Waals surface area contributed by atoms with Gasteiger partial charge in [0.05, 0.1) is 0 Å². The number of amides is 1. The van der Waals surface area contributed by atoms with Gasteiger partial charge in [0.2, 0.25) is 0 Å². The molecule has 1 amide bonds. The Morgan fingerprint density at radius 2 is 1.81 bits per heavy atom. The molecule has 3 atom stereocenters. The van der Waals surface area contributed by atoms with Crippen molar-refractivity contribution in [2.24, 2.45) is 5.41 Å². The van der Waals surface area contributed by atoms with Crippen LogP contribution in [0.3, 0.4) is 0 Å². The van der Waals surface area contributed by atoms with Crippen molar-refractivity contribution in [1.29, 1.82) is 0 Å². The molecule has 2 rings (SSSR count). The van der Waals surface area contributed by atoms with Gasteiger partial charge in [0.15, 0.2) is 0 Å². The molecule has 2 aliphatic heterocycles. The van der Waals surface area contributed by atoms with Crippen molar-refractivity contribution in [1.82, 2.24) is 9.62 Å². The number of halogens is 1. The van der Waals surface area contributed by atoms with Crippen molar-refractivity contribution in [3.63, 3.8) is 0 Å². The third-order valence-corrected chi connectivity index (χ3v) is 8.75. The van der Waals surface area contributed by atoms with Crippen LogP contribution in [0.2, 0.25) is 0 Å². The molecule has 2 saturated heterocycles. The Labute approximate surface area is 171 Å². The summed E-state index contributed by atoms with van der Waals surface area (Å²) in [4.78, 5) is 16.4. The van der Waals surface area contributed by atoms with Gasteiger partial charge in [0.1, 0.15) is 0 Å². The van der Waals surface area contributed by atoms with Crippen molar-refractivity contribution in [2.75, 3.05) is 24.6 Å². The van der Waals surface area contributed by atoms with E-state index in [1.807, 2.05) is 41.5 Å². The van der Waals surface area contributed by atoms with Crippen LogP contribution in [0.15, 0.2) is 0 Å². The molecule has 6 nitrogen and oxygen atoms in total. The number of likely N-dealkylation sites (tertiary alicyclic amines) is 1. The molecule has 1 N–H and O–H groups in total. The van der Waals surface area contributed by atoms with Crippen LogP contribution >= 0.6 is 0 Å². The van der Waals surface area contributed by atoms with Crippen molar-refractivity contribution in [3.8, 4) is 0 Å². The van der Waals surface area contributed by atoms with E-state index in [-0.39, 0.29) is 47.6 Å². The molecule has 2 fully saturated rings. The van der Waals surface area contributed by atoms with Gasteiger partial charge in [-0.3, -0.25) is 0 Å². The number of nitrogens with zero attached hydrogens (tertiary/aromatic N) is 1. The van der Waals surface area contributed by atoms with Gasteiger partial charge in [-0.05, 0) is 0 Å². The predicted octanol–water partition coefficient (Wildman–Crippen LogP) is -0.501. The predicted molar refractivity (Wildman–Crippen MR) is 100.0 cm³/mol. The number of rotatable bonds is 3. The average Bonchev–Trinajstić information content (AvgIpc) is 2.83. The zero-order valence-electron chi connectivity index (χ0n) is 17.1. The Morgan fingerprint density at radius 3 is 2.27 bits per heavy atom. The molecule has 0 aromatic rings. The van der Waals surface area contributed by atoms with Crippen molar-refractivity contribution >= 4 is 17.1 Å². The summed E-state index contributed by atoms with van der Waals surface area (Å²) in [6, 6.07) is 0.0983. The molecule has 1 spiro atoms. The zero-order valence-corrected chi connectivity index (χ0v) is 20.0. The van der Waals surface area contributed by atoms with Crippen LogP contribution in [0, 0.1) is 5.41 Å². The fraction of sp³-hybridized carbons (Fsp3) is 0.944. The van der Waals surface area contributed by atoms with E-state index in [9.17, 15) is 9.00 Å². The summed E-state index contributed by atoms with van der Waals surface area (Å²) in [5, 5.41) is 0. The SMILES string of the molecule is C[I-][C@@H]1OCC2(CCN(C(=O)OC(C)(C)C)CC2)[C@@H]1N[S@@](=O)C(C)(C)C. The molecule has 0 unspecified atom stereocenters. The van der Waals surface area contributed by atoms with Gasteiger partial charge in [0.25, 0.3) is 0 Å². The second kappa shape index (κ2) is 8.21. The molecule has 8 heteroatoms. The minimum absolute atomic E-state index is 0.0418. The summed E-state index contributed by atoms with van der Waals surface area (Å²) in [6.07, 6.45) is 1.46. The molecule has 0 aromatic carbocycles. The van der Waals surface area contributed by atoms with Crippen LogP contribution in [0.1, 0.15) is 54.4 Å². The first-order chi connectivity index (χ1) is 11.9. The van der Waals surface area contributed by atoms with E-state index in [1.165, 1.54) is 0 Å². The third kappa shape index (κ3) is 5.32. The van der Waals surface area contributed by atoms with Gasteiger partial charge in [-0.2, -0.15) is 0 Å². The standard InChI is InChI=1S/C18H34IN2O4S/c1-16(2,3)25-15(22)21-10-8-18(9-11-21)12-24-14(19-7)13(18)20-26(23)17(4,5)6/h13-14,20H,8-12H2,1-7H3/q-1/t13-,14-,26+/m1/s1. The topological polar surface area (TPSA) is 67.9 Å². The maximum atomic E-state index is 12.7. The Balaban J connectivity index is 2.06. The van der Waals surface area contributed by atoms with E-state index < -0.39 is 16.6 Å². The van der Waals surface area contributed by atoms with Crippen LogP contribution in [-0.4, -0.2) is 60.3 Å². The van der Waals surface area contributed by atoms with Gasteiger partial charge in [-0.25, -0.2) is 0 Å². The zero-order chi connectivity index (χ0) is 19.8. The van der Waals surface area contributed by atoms with Crippen LogP contribution in [0.25, 0.3) is 0 Å². The first kappa shape index (κ1) is 22.4. The Hall–Kier alpha value is 0.0700. The Bertz CT molecular complexity index is 536. The van der Waals surface area contributed by atoms with Gasteiger partial charge >= 0.3 is 171 Å². The molecular weight excluding hydrogens is 467 g/mol. The second-order valence-electron chi connectivity index (χ2n) is 9.19.